The number of aryl methyl sites for hydroxylation is 1. The summed E-state index contributed by atoms with van der Waals surface area (Å²) < 4.78 is 26.5. The zero-order valence-corrected chi connectivity index (χ0v) is 15.6. The number of nitrogens with zero attached hydrogens (tertiary/aromatic N) is 3. The molecular formula is C15H27N3O2S2. The molecule has 0 spiro atoms. The second kappa shape index (κ2) is 6.95. The molecule has 1 aromatic rings. The van der Waals surface area contributed by atoms with Gasteiger partial charge in [0.05, 0.1) is 10.8 Å². The molecular weight excluding hydrogens is 318 g/mol. The van der Waals surface area contributed by atoms with E-state index in [9.17, 15) is 8.42 Å². The van der Waals surface area contributed by atoms with Crippen molar-refractivity contribution in [1.82, 2.24) is 14.2 Å². The summed E-state index contributed by atoms with van der Waals surface area (Å²) in [6.45, 7) is 11.9. The monoisotopic (exact) mass is 345 g/mol. The van der Waals surface area contributed by atoms with Gasteiger partial charge < -0.3 is 0 Å². The van der Waals surface area contributed by atoms with Crippen molar-refractivity contribution in [3.05, 3.63) is 16.1 Å². The summed E-state index contributed by atoms with van der Waals surface area (Å²) in [6, 6.07) is 0. The zero-order chi connectivity index (χ0) is 16.4. The first-order valence-electron chi connectivity index (χ1n) is 7.77. The number of sulfonamides is 1. The lowest BCUT2D eigenvalue weighted by Gasteiger charge is -2.34. The highest BCUT2D eigenvalue weighted by Crippen LogP contribution is 2.21. The lowest BCUT2D eigenvalue weighted by Crippen LogP contribution is -2.48. The van der Waals surface area contributed by atoms with E-state index in [1.54, 1.807) is 15.6 Å². The van der Waals surface area contributed by atoms with E-state index in [1.165, 1.54) is 4.88 Å². The van der Waals surface area contributed by atoms with Crippen LogP contribution in [-0.4, -0.2) is 54.5 Å². The van der Waals surface area contributed by atoms with Crippen LogP contribution in [0.5, 0.6) is 0 Å². The van der Waals surface area contributed by atoms with Crippen LogP contribution < -0.4 is 0 Å². The summed E-state index contributed by atoms with van der Waals surface area (Å²) in [5.74, 6) is 0.255. The van der Waals surface area contributed by atoms with Crippen molar-refractivity contribution < 1.29 is 8.42 Å². The van der Waals surface area contributed by atoms with Gasteiger partial charge >= 0.3 is 0 Å². The lowest BCUT2D eigenvalue weighted by atomic mass is 9.94. The van der Waals surface area contributed by atoms with Crippen molar-refractivity contribution in [3.8, 4) is 0 Å². The molecule has 0 aromatic carbocycles. The second-order valence-corrected chi connectivity index (χ2v) is 10.6. The Morgan fingerprint density at radius 1 is 1.23 bits per heavy atom. The Labute approximate surface area is 138 Å². The minimum atomic E-state index is -3.11. The molecule has 0 radical (unpaired) electrons. The van der Waals surface area contributed by atoms with E-state index >= 15 is 0 Å². The molecule has 2 heterocycles. The fourth-order valence-electron chi connectivity index (χ4n) is 2.43. The van der Waals surface area contributed by atoms with Crippen LogP contribution in [0.25, 0.3) is 0 Å². The maximum Gasteiger partial charge on any atom is 0.214 e. The molecule has 0 atom stereocenters. The Morgan fingerprint density at radius 2 is 1.86 bits per heavy atom. The van der Waals surface area contributed by atoms with Crippen molar-refractivity contribution in [3.63, 3.8) is 0 Å². The highest BCUT2D eigenvalue weighted by Gasteiger charge is 2.28. The van der Waals surface area contributed by atoms with Gasteiger partial charge in [-0.05, 0) is 18.8 Å². The van der Waals surface area contributed by atoms with Gasteiger partial charge in [0.2, 0.25) is 10.0 Å². The van der Waals surface area contributed by atoms with Gasteiger partial charge in [-0.1, -0.05) is 20.8 Å². The molecule has 0 amide bonds. The molecule has 22 heavy (non-hydrogen) atoms. The molecule has 1 aliphatic heterocycles. The Balaban J connectivity index is 1.83. The zero-order valence-electron chi connectivity index (χ0n) is 14.0. The van der Waals surface area contributed by atoms with E-state index in [4.69, 9.17) is 0 Å². The second-order valence-electron chi connectivity index (χ2n) is 7.15. The minimum Gasteiger partial charge on any atom is -0.296 e. The molecule has 1 fully saturated rings. The molecule has 0 bridgehead atoms. The molecule has 1 aromatic heterocycles. The normalized spacial score (nSPS) is 18.7. The third-order valence-corrected chi connectivity index (χ3v) is 6.65. The van der Waals surface area contributed by atoms with Crippen LogP contribution in [0.3, 0.4) is 0 Å². The first kappa shape index (κ1) is 17.8. The van der Waals surface area contributed by atoms with Gasteiger partial charge in [0.1, 0.15) is 0 Å². The molecule has 0 saturated carbocycles. The van der Waals surface area contributed by atoms with Gasteiger partial charge in [-0.2, -0.15) is 4.31 Å². The molecule has 2 rings (SSSR count). The van der Waals surface area contributed by atoms with Crippen LogP contribution in [0, 0.1) is 12.3 Å². The molecule has 0 aliphatic carbocycles. The Morgan fingerprint density at radius 3 is 2.36 bits per heavy atom. The number of hydrogen-bond donors (Lipinski definition) is 0. The maximum absolute atomic E-state index is 12.4. The smallest absolute Gasteiger partial charge is 0.214 e. The van der Waals surface area contributed by atoms with Crippen LogP contribution in [0.2, 0.25) is 0 Å². The van der Waals surface area contributed by atoms with Crippen LogP contribution in [-0.2, 0) is 16.6 Å². The van der Waals surface area contributed by atoms with E-state index in [-0.39, 0.29) is 11.2 Å². The first-order valence-corrected chi connectivity index (χ1v) is 10.2. The van der Waals surface area contributed by atoms with Gasteiger partial charge in [-0.25, -0.2) is 13.4 Å². The summed E-state index contributed by atoms with van der Waals surface area (Å²) in [5, 5.41) is 1.08. The summed E-state index contributed by atoms with van der Waals surface area (Å²) in [7, 11) is -3.11. The highest BCUT2D eigenvalue weighted by atomic mass is 32.2. The Hall–Kier alpha value is -0.500. The third kappa shape index (κ3) is 5.30. The predicted octanol–water partition coefficient (Wildman–Crippen LogP) is 2.34. The van der Waals surface area contributed by atoms with Crippen molar-refractivity contribution >= 4 is 21.4 Å². The van der Waals surface area contributed by atoms with Crippen LogP contribution in [0.4, 0.5) is 0 Å². The van der Waals surface area contributed by atoms with Gasteiger partial charge in [0, 0.05) is 43.8 Å². The summed E-state index contributed by atoms with van der Waals surface area (Å²) in [6.07, 6.45) is 2.63. The summed E-state index contributed by atoms with van der Waals surface area (Å²) in [5.41, 5.74) is 0.0545. The Kier molecular flexibility index (Phi) is 5.63. The molecule has 0 N–H and O–H groups in total. The fourth-order valence-corrected chi connectivity index (χ4v) is 5.11. The van der Waals surface area contributed by atoms with Crippen LogP contribution >= 0.6 is 11.3 Å². The number of piperazine rings is 1. The number of thiazole rings is 1. The molecule has 5 nitrogen and oxygen atoms in total. The lowest BCUT2D eigenvalue weighted by molar-refractivity contribution is 0.182. The van der Waals surface area contributed by atoms with Gasteiger partial charge in [0.15, 0.2) is 0 Å². The molecule has 7 heteroatoms. The Bertz CT molecular complexity index is 582. The standard InChI is InChI=1S/C15H27N3O2S2/c1-13-16-11-14(21-13)12-17-6-8-18(9-7-17)22(19,20)10-5-15(2,3)4/h11H,5-10,12H2,1-4H3. The van der Waals surface area contributed by atoms with E-state index < -0.39 is 10.0 Å². The topological polar surface area (TPSA) is 53.5 Å². The van der Waals surface area contributed by atoms with Crippen molar-refractivity contribution in [2.75, 3.05) is 31.9 Å². The number of aromatic nitrogens is 1. The van der Waals surface area contributed by atoms with Crippen molar-refractivity contribution in [2.45, 2.75) is 40.7 Å². The number of hydrogen-bond acceptors (Lipinski definition) is 5. The number of rotatable bonds is 5. The quantitative estimate of drug-likeness (QED) is 0.822. The van der Waals surface area contributed by atoms with E-state index in [2.05, 4.69) is 30.7 Å². The SMILES string of the molecule is Cc1ncc(CN2CCN(S(=O)(=O)CCC(C)(C)C)CC2)s1. The highest BCUT2D eigenvalue weighted by molar-refractivity contribution is 7.89. The van der Waals surface area contributed by atoms with Gasteiger partial charge in [-0.3, -0.25) is 4.90 Å². The minimum absolute atomic E-state index is 0.0545. The van der Waals surface area contributed by atoms with Crippen LogP contribution in [0.1, 0.15) is 37.1 Å². The molecule has 1 saturated heterocycles. The van der Waals surface area contributed by atoms with E-state index in [0.717, 1.165) is 24.6 Å². The fraction of sp³-hybridized carbons (Fsp3) is 0.800. The average Bonchev–Trinajstić information content (AvgIpc) is 2.82. The summed E-state index contributed by atoms with van der Waals surface area (Å²) in [4.78, 5) is 7.83. The van der Waals surface area contributed by atoms with E-state index in [0.29, 0.717) is 19.5 Å². The van der Waals surface area contributed by atoms with Crippen molar-refractivity contribution in [1.29, 1.82) is 0 Å². The maximum atomic E-state index is 12.4. The van der Waals surface area contributed by atoms with E-state index in [1.807, 2.05) is 13.1 Å². The predicted molar refractivity (Wildman–Crippen MR) is 91.6 cm³/mol. The summed E-state index contributed by atoms with van der Waals surface area (Å²) >= 11 is 1.71. The average molecular weight is 346 g/mol. The largest absolute Gasteiger partial charge is 0.296 e. The van der Waals surface area contributed by atoms with Crippen molar-refractivity contribution in [2.24, 2.45) is 5.41 Å². The third-order valence-electron chi connectivity index (χ3n) is 3.88. The van der Waals surface area contributed by atoms with Gasteiger partial charge in [-0.15, -0.1) is 11.3 Å². The van der Waals surface area contributed by atoms with Gasteiger partial charge in [0.25, 0.3) is 0 Å². The molecule has 126 valence electrons. The molecule has 1 aliphatic rings. The molecule has 0 unspecified atom stereocenters. The first-order chi connectivity index (χ1) is 10.2. The van der Waals surface area contributed by atoms with Crippen LogP contribution in [0.15, 0.2) is 6.20 Å².